The molecule has 0 radical (unpaired) electrons. The molecule has 0 aliphatic rings. The molecular formula is C10H12O2. The third-order valence-corrected chi connectivity index (χ3v) is 1.49. The molecule has 0 bridgehead atoms. The van der Waals surface area contributed by atoms with Crippen molar-refractivity contribution in [3.63, 3.8) is 0 Å². The van der Waals surface area contributed by atoms with Crippen molar-refractivity contribution in [2.75, 3.05) is 7.11 Å². The lowest BCUT2D eigenvalue weighted by Crippen LogP contribution is -2.03. The van der Waals surface area contributed by atoms with Crippen LogP contribution in [0.3, 0.4) is 0 Å². The van der Waals surface area contributed by atoms with Gasteiger partial charge in [0.2, 0.25) is 0 Å². The molecule has 1 rings (SSSR count). The molecule has 1 aromatic carbocycles. The van der Waals surface area contributed by atoms with Crippen molar-refractivity contribution < 1.29 is 9.84 Å². The highest BCUT2D eigenvalue weighted by Gasteiger charge is 1.91. The van der Waals surface area contributed by atoms with Gasteiger partial charge in [0.25, 0.3) is 0 Å². The quantitative estimate of drug-likeness (QED) is 0.688. The normalized spacial score (nSPS) is 13.5. The standard InChI is InChI=1S/C10H12O2/c1-12-10(11)8-7-9-5-3-2-4-6-9/h2-8,10-11H,1H3/b8-7+. The van der Waals surface area contributed by atoms with Crippen LogP contribution in [0.4, 0.5) is 0 Å². The minimum Gasteiger partial charge on any atom is -0.365 e. The van der Waals surface area contributed by atoms with Crippen LogP contribution in [0.5, 0.6) is 0 Å². The van der Waals surface area contributed by atoms with E-state index in [0.29, 0.717) is 0 Å². The van der Waals surface area contributed by atoms with Gasteiger partial charge < -0.3 is 9.84 Å². The minimum absolute atomic E-state index is 0.815. The Kier molecular flexibility index (Phi) is 3.51. The first kappa shape index (κ1) is 8.97. The second-order valence-corrected chi connectivity index (χ2v) is 2.40. The maximum Gasteiger partial charge on any atom is 0.174 e. The van der Waals surface area contributed by atoms with E-state index in [0.717, 1.165) is 5.56 Å². The number of methoxy groups -OCH3 is 1. The summed E-state index contributed by atoms with van der Waals surface area (Å²) in [6.07, 6.45) is 2.59. The van der Waals surface area contributed by atoms with E-state index in [1.807, 2.05) is 36.4 Å². The highest BCUT2D eigenvalue weighted by Crippen LogP contribution is 2.01. The van der Waals surface area contributed by atoms with E-state index in [9.17, 15) is 0 Å². The van der Waals surface area contributed by atoms with Gasteiger partial charge in [0.05, 0.1) is 0 Å². The Balaban J connectivity index is 2.58. The first-order valence-electron chi connectivity index (χ1n) is 3.77. The van der Waals surface area contributed by atoms with Crippen LogP contribution in [0, 0.1) is 0 Å². The van der Waals surface area contributed by atoms with Crippen LogP contribution in [0.2, 0.25) is 0 Å². The van der Waals surface area contributed by atoms with E-state index in [4.69, 9.17) is 5.11 Å². The van der Waals surface area contributed by atoms with Gasteiger partial charge in [-0.1, -0.05) is 36.4 Å². The number of rotatable bonds is 3. The van der Waals surface area contributed by atoms with E-state index in [1.165, 1.54) is 7.11 Å². The second kappa shape index (κ2) is 4.70. The maximum absolute atomic E-state index is 9.01. The van der Waals surface area contributed by atoms with E-state index < -0.39 is 6.29 Å². The molecule has 0 heterocycles. The zero-order valence-electron chi connectivity index (χ0n) is 6.97. The van der Waals surface area contributed by atoms with Gasteiger partial charge in [-0.05, 0) is 11.6 Å². The smallest absolute Gasteiger partial charge is 0.174 e. The summed E-state index contributed by atoms with van der Waals surface area (Å²) in [5.74, 6) is 0. The molecule has 2 heteroatoms. The molecule has 2 nitrogen and oxygen atoms in total. The van der Waals surface area contributed by atoms with Crippen molar-refractivity contribution >= 4 is 6.08 Å². The molecule has 0 amide bonds. The summed E-state index contributed by atoms with van der Waals surface area (Å²) >= 11 is 0. The summed E-state index contributed by atoms with van der Waals surface area (Å²) < 4.78 is 4.64. The van der Waals surface area contributed by atoms with Gasteiger partial charge in [-0.25, -0.2) is 0 Å². The van der Waals surface area contributed by atoms with Crippen LogP contribution in [-0.2, 0) is 4.74 Å². The second-order valence-electron chi connectivity index (χ2n) is 2.40. The highest BCUT2D eigenvalue weighted by atomic mass is 16.6. The molecule has 0 saturated carbocycles. The van der Waals surface area contributed by atoms with Crippen molar-refractivity contribution in [3.05, 3.63) is 42.0 Å². The number of benzene rings is 1. The topological polar surface area (TPSA) is 29.5 Å². The third kappa shape index (κ3) is 2.86. The van der Waals surface area contributed by atoms with Crippen molar-refractivity contribution in [1.29, 1.82) is 0 Å². The SMILES string of the molecule is COC(O)/C=C/c1ccccc1. The minimum atomic E-state index is -0.815. The van der Waals surface area contributed by atoms with E-state index in [2.05, 4.69) is 4.74 Å². The van der Waals surface area contributed by atoms with Crippen LogP contribution in [0.15, 0.2) is 36.4 Å². The first-order valence-corrected chi connectivity index (χ1v) is 3.77. The highest BCUT2D eigenvalue weighted by molar-refractivity contribution is 5.48. The predicted molar refractivity (Wildman–Crippen MR) is 48.5 cm³/mol. The fourth-order valence-corrected chi connectivity index (χ4v) is 0.836. The first-order chi connectivity index (χ1) is 5.83. The molecule has 0 aliphatic carbocycles. The lowest BCUT2D eigenvalue weighted by molar-refractivity contribution is -0.0350. The molecule has 1 unspecified atom stereocenters. The molecule has 1 atom stereocenters. The van der Waals surface area contributed by atoms with Crippen molar-refractivity contribution in [1.82, 2.24) is 0 Å². The van der Waals surface area contributed by atoms with Crippen LogP contribution >= 0.6 is 0 Å². The van der Waals surface area contributed by atoms with Crippen molar-refractivity contribution in [2.24, 2.45) is 0 Å². The molecule has 0 saturated heterocycles. The Morgan fingerprint density at radius 1 is 1.33 bits per heavy atom. The number of ether oxygens (including phenoxy) is 1. The van der Waals surface area contributed by atoms with Crippen molar-refractivity contribution in [2.45, 2.75) is 6.29 Å². The molecule has 64 valence electrons. The van der Waals surface area contributed by atoms with Crippen molar-refractivity contribution in [3.8, 4) is 0 Å². The molecule has 1 N–H and O–H groups in total. The zero-order valence-corrected chi connectivity index (χ0v) is 6.97. The largest absolute Gasteiger partial charge is 0.365 e. The number of aliphatic hydroxyl groups is 1. The van der Waals surface area contributed by atoms with Crippen LogP contribution in [-0.4, -0.2) is 18.5 Å². The summed E-state index contributed by atoms with van der Waals surface area (Å²) in [5, 5.41) is 9.01. The Labute approximate surface area is 72.1 Å². The van der Waals surface area contributed by atoms with E-state index >= 15 is 0 Å². The number of hydrogen-bond acceptors (Lipinski definition) is 2. The molecular weight excluding hydrogens is 152 g/mol. The number of hydrogen-bond donors (Lipinski definition) is 1. The van der Waals surface area contributed by atoms with Crippen LogP contribution in [0.1, 0.15) is 5.56 Å². The van der Waals surface area contributed by atoms with E-state index in [-0.39, 0.29) is 0 Å². The molecule has 0 fully saturated rings. The van der Waals surface area contributed by atoms with Crippen LogP contribution < -0.4 is 0 Å². The summed E-state index contributed by atoms with van der Waals surface area (Å²) in [4.78, 5) is 0. The van der Waals surface area contributed by atoms with Gasteiger partial charge in [-0.2, -0.15) is 0 Å². The number of aliphatic hydroxyl groups excluding tert-OH is 1. The monoisotopic (exact) mass is 164 g/mol. The summed E-state index contributed by atoms with van der Waals surface area (Å²) in [5.41, 5.74) is 1.05. The predicted octanol–water partition coefficient (Wildman–Crippen LogP) is 1.66. The maximum atomic E-state index is 9.01. The third-order valence-electron chi connectivity index (χ3n) is 1.49. The fraction of sp³-hybridized carbons (Fsp3) is 0.200. The van der Waals surface area contributed by atoms with Gasteiger partial charge in [0, 0.05) is 7.11 Å². The molecule has 12 heavy (non-hydrogen) atoms. The lowest BCUT2D eigenvalue weighted by atomic mass is 10.2. The average Bonchev–Trinajstić information content (AvgIpc) is 2.16. The Hall–Kier alpha value is -1.12. The molecule has 0 spiro atoms. The van der Waals surface area contributed by atoms with Gasteiger partial charge >= 0.3 is 0 Å². The Morgan fingerprint density at radius 2 is 2.00 bits per heavy atom. The van der Waals surface area contributed by atoms with Gasteiger partial charge in [-0.3, -0.25) is 0 Å². The lowest BCUT2D eigenvalue weighted by Gasteiger charge is -2.00. The molecule has 0 aliphatic heterocycles. The van der Waals surface area contributed by atoms with E-state index in [1.54, 1.807) is 6.08 Å². The average molecular weight is 164 g/mol. The molecule has 1 aromatic rings. The van der Waals surface area contributed by atoms with Gasteiger partial charge in [0.1, 0.15) is 0 Å². The summed E-state index contributed by atoms with van der Waals surface area (Å²) in [7, 11) is 1.46. The Morgan fingerprint density at radius 3 is 2.58 bits per heavy atom. The summed E-state index contributed by atoms with van der Waals surface area (Å²) in [6.45, 7) is 0. The Bertz CT molecular complexity index is 241. The zero-order chi connectivity index (χ0) is 8.81. The summed E-state index contributed by atoms with van der Waals surface area (Å²) in [6, 6.07) is 9.75. The molecule has 0 aromatic heterocycles. The fourth-order valence-electron chi connectivity index (χ4n) is 0.836. The van der Waals surface area contributed by atoms with Gasteiger partial charge in [-0.15, -0.1) is 0 Å². The van der Waals surface area contributed by atoms with Gasteiger partial charge in [0.15, 0.2) is 6.29 Å². The van der Waals surface area contributed by atoms with Crippen LogP contribution in [0.25, 0.3) is 6.08 Å².